The molecule has 22 heteroatoms. The van der Waals surface area contributed by atoms with Gasteiger partial charge in [-0.25, -0.2) is 29.4 Å². The molecule has 4 aromatic carbocycles. The first-order valence-electron chi connectivity index (χ1n) is 22.5. The maximum absolute atomic E-state index is 15.6. The molecule has 0 saturated carbocycles. The summed E-state index contributed by atoms with van der Waals surface area (Å²) >= 11 is 0. The van der Waals surface area contributed by atoms with E-state index in [1.54, 1.807) is 77.8 Å². The zero-order chi connectivity index (χ0) is 50.8. The van der Waals surface area contributed by atoms with Gasteiger partial charge in [-0.15, -0.1) is 10.2 Å². The highest BCUT2D eigenvalue weighted by atomic mass is 19.1. The quantitative estimate of drug-likeness (QED) is 0.0709. The van der Waals surface area contributed by atoms with Crippen LogP contribution >= 0.6 is 0 Å². The molecule has 4 aromatic heterocycles. The number of hydrogen-bond donors (Lipinski definition) is 4. The van der Waals surface area contributed by atoms with Crippen LogP contribution in [0.1, 0.15) is 22.3 Å². The Morgan fingerprint density at radius 2 is 1.15 bits per heavy atom. The van der Waals surface area contributed by atoms with Crippen LogP contribution in [0.5, 0.6) is 0 Å². The Labute approximate surface area is 414 Å². The minimum absolute atomic E-state index is 0.00744. The van der Waals surface area contributed by atoms with Crippen LogP contribution in [0, 0.1) is 11.9 Å². The average Bonchev–Trinajstić information content (AvgIpc) is 3.91. The fourth-order valence-corrected chi connectivity index (χ4v) is 8.22. The van der Waals surface area contributed by atoms with E-state index in [0.29, 0.717) is 39.6 Å². The molecule has 2 aliphatic rings. The Morgan fingerprint density at radius 1 is 0.630 bits per heavy atom. The van der Waals surface area contributed by atoms with E-state index >= 15 is 4.39 Å². The molecule has 6 heterocycles. The van der Waals surface area contributed by atoms with Crippen molar-refractivity contribution < 1.29 is 28.0 Å². The Hall–Kier alpha value is -10.1. The van der Waals surface area contributed by atoms with E-state index in [-0.39, 0.29) is 61.1 Å². The molecule has 364 valence electrons. The highest BCUT2D eigenvalue weighted by Gasteiger charge is 2.36. The number of fused-ring (bicyclic) bond motifs is 2. The first-order chi connectivity index (χ1) is 35.4. The lowest BCUT2D eigenvalue weighted by atomic mass is 10.1. The first kappa shape index (κ1) is 46.6. The van der Waals surface area contributed by atoms with Crippen LogP contribution in [0.3, 0.4) is 0 Å². The molecule has 0 saturated heterocycles. The largest absolute Gasteiger partial charge is 0.335 e. The number of rotatable bonds is 15. The van der Waals surface area contributed by atoms with E-state index in [1.165, 1.54) is 31.6 Å². The Balaban J connectivity index is 0.860. The van der Waals surface area contributed by atoms with Crippen molar-refractivity contribution in [2.45, 2.75) is 26.2 Å². The molecule has 0 aliphatic carbocycles. The van der Waals surface area contributed by atoms with Gasteiger partial charge in [0.25, 0.3) is 11.9 Å². The summed E-state index contributed by atoms with van der Waals surface area (Å²) in [5.74, 6) is -1.86. The van der Waals surface area contributed by atoms with Gasteiger partial charge in [0, 0.05) is 54.2 Å². The average molecular weight is 981 g/mol. The molecule has 0 radical (unpaired) electrons. The van der Waals surface area contributed by atoms with Crippen molar-refractivity contribution in [3.05, 3.63) is 187 Å². The number of urea groups is 2. The standard InChI is InChI=1S/C51H42F2N16O4/c1-4-42(70)56-35-11-9-15-38(21-35)68-46-33(23-54-48(60-46)58-40-29-64(3)62-44(40)52)27-65(50(68)72)25-31-17-19-32(20-18-31)26-66-30-41(45(53)63-66)59-49-55-24-34-28-67(37-13-7-6-8-14-37)51(73)69(47(34)61-49)39-16-10-12-36(22-39)57-43(71)5-2/h4-24,29-30H,1-2,25-28H2,3H3,(H,56,70)(H,57,71)(H,54,58,60)(H,55,59,61). The van der Waals surface area contributed by atoms with E-state index in [1.807, 2.05) is 54.6 Å². The lowest BCUT2D eigenvalue weighted by Crippen LogP contribution is -2.45. The minimum atomic E-state index is -0.815. The van der Waals surface area contributed by atoms with Crippen LogP contribution in [0.4, 0.5) is 81.7 Å². The Bertz CT molecular complexity index is 3470. The molecule has 2 aliphatic heterocycles. The second-order valence-corrected chi connectivity index (χ2v) is 16.7. The van der Waals surface area contributed by atoms with Crippen molar-refractivity contribution in [2.75, 3.05) is 36.0 Å². The van der Waals surface area contributed by atoms with E-state index < -0.39 is 35.8 Å². The molecular formula is C51H42F2N16O4. The minimum Gasteiger partial charge on any atom is -0.322 e. The summed E-state index contributed by atoms with van der Waals surface area (Å²) in [6.45, 7) is 7.68. The molecule has 4 N–H and O–H groups in total. The SMILES string of the molecule is C=CC(=O)Nc1cccc(N2C(=O)N(Cc3ccc(Cn4cc(Nc5ncc6c(n5)N(c5cccc(NC(=O)C=C)c5)C(=O)N(c5ccccc5)C6)c(F)n4)cc3)Cc3cnc(Nc4cn(C)nc4F)nc32)c1. The number of nitrogens with one attached hydrogen (secondary N) is 4. The summed E-state index contributed by atoms with van der Waals surface area (Å²) in [5.41, 5.74) is 5.11. The second-order valence-electron chi connectivity index (χ2n) is 16.7. The zero-order valence-corrected chi connectivity index (χ0v) is 38.8. The van der Waals surface area contributed by atoms with Gasteiger partial charge in [-0.2, -0.15) is 18.7 Å². The molecule has 10 rings (SSSR count). The smallest absolute Gasteiger partial charge is 0.322 e. The van der Waals surface area contributed by atoms with Gasteiger partial charge in [-0.1, -0.05) is 67.8 Å². The van der Waals surface area contributed by atoms with E-state index in [2.05, 4.69) is 59.6 Å². The summed E-state index contributed by atoms with van der Waals surface area (Å²) in [6, 6.07) is 29.1. The molecular weight excluding hydrogens is 939 g/mol. The maximum Gasteiger partial charge on any atom is 0.335 e. The summed E-state index contributed by atoms with van der Waals surface area (Å²) in [6.07, 6.45) is 8.32. The van der Waals surface area contributed by atoms with Crippen LogP contribution in [-0.2, 0) is 42.8 Å². The van der Waals surface area contributed by atoms with Gasteiger partial charge in [0.2, 0.25) is 23.7 Å². The van der Waals surface area contributed by atoms with Crippen molar-refractivity contribution >= 4 is 87.2 Å². The zero-order valence-electron chi connectivity index (χ0n) is 38.8. The number of carbonyl (C=O) groups is 4. The summed E-state index contributed by atoms with van der Waals surface area (Å²) in [5, 5.41) is 19.0. The van der Waals surface area contributed by atoms with E-state index in [9.17, 15) is 23.6 Å². The monoisotopic (exact) mass is 980 g/mol. The number of aryl methyl sites for hydroxylation is 1. The highest BCUT2D eigenvalue weighted by molar-refractivity contribution is 6.11. The van der Waals surface area contributed by atoms with Crippen LogP contribution in [-0.4, -0.2) is 68.3 Å². The highest BCUT2D eigenvalue weighted by Crippen LogP contribution is 2.39. The fourth-order valence-electron chi connectivity index (χ4n) is 8.22. The topological polar surface area (TPSA) is 217 Å². The fraction of sp³-hybridized carbons (Fsp3) is 0.0980. The normalized spacial score (nSPS) is 13.0. The van der Waals surface area contributed by atoms with Crippen molar-refractivity contribution in [1.29, 1.82) is 0 Å². The predicted octanol–water partition coefficient (Wildman–Crippen LogP) is 8.81. The van der Waals surface area contributed by atoms with Crippen LogP contribution in [0.2, 0.25) is 0 Å². The summed E-state index contributed by atoms with van der Waals surface area (Å²) < 4.78 is 32.8. The second kappa shape index (κ2) is 19.7. The molecule has 6 amide bonds. The number of aromatic nitrogens is 8. The Morgan fingerprint density at radius 3 is 1.71 bits per heavy atom. The number of hydrogen-bond acceptors (Lipinski definition) is 12. The van der Waals surface area contributed by atoms with Gasteiger partial charge in [0.05, 0.1) is 43.4 Å². The lowest BCUT2D eigenvalue weighted by Gasteiger charge is -2.36. The molecule has 20 nitrogen and oxygen atoms in total. The number of para-hydroxylation sites is 1. The van der Waals surface area contributed by atoms with Crippen molar-refractivity contribution in [2.24, 2.45) is 7.05 Å². The Kier molecular flexibility index (Phi) is 12.6. The molecule has 8 aromatic rings. The van der Waals surface area contributed by atoms with Gasteiger partial charge < -0.3 is 26.2 Å². The number of amides is 6. The molecule has 0 atom stereocenters. The van der Waals surface area contributed by atoms with Crippen LogP contribution < -0.4 is 36.0 Å². The summed E-state index contributed by atoms with van der Waals surface area (Å²) in [7, 11) is 1.57. The van der Waals surface area contributed by atoms with Crippen molar-refractivity contribution in [3.8, 4) is 0 Å². The summed E-state index contributed by atoms with van der Waals surface area (Å²) in [4.78, 5) is 77.3. The first-order valence-corrected chi connectivity index (χ1v) is 22.5. The van der Waals surface area contributed by atoms with Crippen molar-refractivity contribution in [1.82, 2.24) is 44.4 Å². The molecule has 73 heavy (non-hydrogen) atoms. The van der Waals surface area contributed by atoms with Crippen LogP contribution in [0.15, 0.2) is 153 Å². The van der Waals surface area contributed by atoms with E-state index in [0.717, 1.165) is 23.3 Å². The van der Waals surface area contributed by atoms with Crippen LogP contribution in [0.25, 0.3) is 0 Å². The number of halogens is 2. The van der Waals surface area contributed by atoms with E-state index in [4.69, 9.17) is 4.98 Å². The van der Waals surface area contributed by atoms with Gasteiger partial charge >= 0.3 is 12.1 Å². The third kappa shape index (κ3) is 9.88. The molecule has 0 bridgehead atoms. The third-order valence-electron chi connectivity index (χ3n) is 11.6. The van der Waals surface area contributed by atoms with Gasteiger partial charge in [-0.05, 0) is 71.8 Å². The lowest BCUT2D eigenvalue weighted by molar-refractivity contribution is -0.112. The molecule has 0 fully saturated rings. The number of benzene rings is 4. The predicted molar refractivity (Wildman–Crippen MR) is 269 cm³/mol. The number of carbonyl (C=O) groups excluding carboxylic acids is 4. The molecule has 0 unspecified atom stereocenters. The number of anilines is 11. The third-order valence-corrected chi connectivity index (χ3v) is 11.6. The van der Waals surface area contributed by atoms with Gasteiger partial charge in [-0.3, -0.25) is 23.9 Å². The maximum atomic E-state index is 15.6. The molecule has 0 spiro atoms. The van der Waals surface area contributed by atoms with Gasteiger partial charge in [0.1, 0.15) is 11.4 Å². The van der Waals surface area contributed by atoms with Gasteiger partial charge in [0.15, 0.2) is 11.6 Å². The van der Waals surface area contributed by atoms with Crippen molar-refractivity contribution in [3.63, 3.8) is 0 Å². The number of nitrogens with zero attached hydrogens (tertiary/aromatic N) is 12.